The number of nitrogens with two attached hydrogens (primary N) is 1. The van der Waals surface area contributed by atoms with Crippen molar-refractivity contribution in [3.63, 3.8) is 0 Å². The lowest BCUT2D eigenvalue weighted by molar-refractivity contribution is 0.192. The van der Waals surface area contributed by atoms with Gasteiger partial charge in [-0.25, -0.2) is 0 Å². The molecule has 0 bridgehead atoms. The van der Waals surface area contributed by atoms with E-state index in [1.807, 2.05) is 0 Å². The molecule has 108 valence electrons. The molecule has 1 saturated carbocycles. The first kappa shape index (κ1) is 13.2. The highest BCUT2D eigenvalue weighted by molar-refractivity contribution is 5.80. The first-order valence-electron chi connectivity index (χ1n) is 7.64. The van der Waals surface area contributed by atoms with E-state index in [9.17, 15) is 0 Å². The molecule has 0 aromatic carbocycles. The van der Waals surface area contributed by atoms with Crippen LogP contribution in [0.4, 0.5) is 0 Å². The molecular weight excluding hydrogens is 240 g/mol. The Bertz CT molecular complexity index is 353. The van der Waals surface area contributed by atoms with Crippen LogP contribution >= 0.6 is 0 Å². The average Bonchev–Trinajstić information content (AvgIpc) is 3.06. The van der Waals surface area contributed by atoms with Crippen LogP contribution in [0.25, 0.3) is 0 Å². The van der Waals surface area contributed by atoms with Gasteiger partial charge in [0.2, 0.25) is 0 Å². The zero-order valence-electron chi connectivity index (χ0n) is 11.7. The second-order valence-corrected chi connectivity index (χ2v) is 6.69. The summed E-state index contributed by atoms with van der Waals surface area (Å²) < 4.78 is 0. The summed E-state index contributed by atoms with van der Waals surface area (Å²) in [5, 5.41) is 11.9. The first-order chi connectivity index (χ1) is 9.21. The summed E-state index contributed by atoms with van der Waals surface area (Å²) in [7, 11) is 0. The molecule has 0 radical (unpaired) electrons. The van der Waals surface area contributed by atoms with Gasteiger partial charge in [0.25, 0.3) is 0 Å². The molecule has 3 aliphatic rings. The lowest BCUT2D eigenvalue weighted by Crippen LogP contribution is -2.39. The number of hydrogen-bond donors (Lipinski definition) is 2. The fraction of sp³-hybridized carbons (Fsp3) is 0.929. The maximum atomic E-state index is 8.74. The highest BCUT2D eigenvalue weighted by Crippen LogP contribution is 2.49. The van der Waals surface area contributed by atoms with Gasteiger partial charge in [0.05, 0.1) is 0 Å². The quantitative estimate of drug-likeness (QED) is 0.346. The SMILES string of the molecule is NC(CC1(CN2CCCN3CCCC3C2)CC1)=NO. The fourth-order valence-corrected chi connectivity index (χ4v) is 3.89. The molecule has 19 heavy (non-hydrogen) atoms. The first-order valence-corrected chi connectivity index (χ1v) is 7.64. The van der Waals surface area contributed by atoms with Gasteiger partial charge in [0.15, 0.2) is 0 Å². The van der Waals surface area contributed by atoms with Crippen molar-refractivity contribution in [3.8, 4) is 0 Å². The number of fused-ring (bicyclic) bond motifs is 1. The second kappa shape index (κ2) is 5.29. The topological polar surface area (TPSA) is 65.1 Å². The molecule has 1 unspecified atom stereocenters. The summed E-state index contributed by atoms with van der Waals surface area (Å²) in [5.74, 6) is 0.398. The summed E-state index contributed by atoms with van der Waals surface area (Å²) in [6, 6.07) is 0.780. The number of nitrogens with zero attached hydrogens (tertiary/aromatic N) is 3. The number of rotatable bonds is 4. The van der Waals surface area contributed by atoms with E-state index in [2.05, 4.69) is 15.0 Å². The van der Waals surface area contributed by atoms with Gasteiger partial charge in [-0.1, -0.05) is 5.16 Å². The Labute approximate surface area is 115 Å². The highest BCUT2D eigenvalue weighted by Gasteiger charge is 2.45. The van der Waals surface area contributed by atoms with E-state index in [1.54, 1.807) is 0 Å². The molecule has 1 aliphatic carbocycles. The summed E-state index contributed by atoms with van der Waals surface area (Å²) in [4.78, 5) is 5.30. The summed E-state index contributed by atoms with van der Waals surface area (Å²) in [5.41, 5.74) is 6.00. The van der Waals surface area contributed by atoms with E-state index >= 15 is 0 Å². The normalized spacial score (nSPS) is 32.0. The van der Waals surface area contributed by atoms with Gasteiger partial charge in [0.1, 0.15) is 5.84 Å². The maximum Gasteiger partial charge on any atom is 0.139 e. The molecule has 0 amide bonds. The van der Waals surface area contributed by atoms with Crippen LogP contribution in [0.1, 0.15) is 38.5 Å². The predicted octanol–water partition coefficient (Wildman–Crippen LogP) is 1.07. The number of oxime groups is 1. The molecule has 3 fully saturated rings. The minimum atomic E-state index is 0.310. The van der Waals surface area contributed by atoms with Crippen LogP contribution in [0.15, 0.2) is 5.16 Å². The van der Waals surface area contributed by atoms with Crippen LogP contribution in [-0.4, -0.2) is 59.6 Å². The summed E-state index contributed by atoms with van der Waals surface area (Å²) in [6.07, 6.45) is 7.24. The molecule has 3 N–H and O–H groups in total. The third kappa shape index (κ3) is 3.03. The molecule has 0 spiro atoms. The standard InChI is InChI=1S/C14H26N4O/c15-13(16-19)9-14(4-5-14)11-17-6-2-8-18-7-1-3-12(18)10-17/h12,19H,1-11H2,(H2,15,16). The molecule has 5 nitrogen and oxygen atoms in total. The van der Waals surface area contributed by atoms with Gasteiger partial charge in [0, 0.05) is 25.6 Å². The molecular formula is C14H26N4O. The zero-order chi connectivity index (χ0) is 13.3. The largest absolute Gasteiger partial charge is 0.409 e. The molecule has 3 rings (SSSR count). The van der Waals surface area contributed by atoms with Gasteiger partial charge in [-0.2, -0.15) is 0 Å². The van der Waals surface area contributed by atoms with Crippen molar-refractivity contribution >= 4 is 5.84 Å². The van der Waals surface area contributed by atoms with Crippen LogP contribution in [0.5, 0.6) is 0 Å². The van der Waals surface area contributed by atoms with Gasteiger partial charge in [-0.15, -0.1) is 0 Å². The van der Waals surface area contributed by atoms with E-state index in [4.69, 9.17) is 10.9 Å². The molecule has 2 heterocycles. The Morgan fingerprint density at radius 2 is 2.05 bits per heavy atom. The highest BCUT2D eigenvalue weighted by atomic mass is 16.4. The smallest absolute Gasteiger partial charge is 0.139 e. The van der Waals surface area contributed by atoms with Crippen molar-refractivity contribution in [1.82, 2.24) is 9.80 Å². The summed E-state index contributed by atoms with van der Waals surface area (Å²) >= 11 is 0. The third-order valence-electron chi connectivity index (χ3n) is 5.09. The van der Waals surface area contributed by atoms with Crippen LogP contribution < -0.4 is 5.73 Å². The third-order valence-corrected chi connectivity index (χ3v) is 5.09. The lowest BCUT2D eigenvalue weighted by Gasteiger charge is -2.29. The van der Waals surface area contributed by atoms with Crippen LogP contribution in [0.3, 0.4) is 0 Å². The molecule has 5 heteroatoms. The van der Waals surface area contributed by atoms with Crippen LogP contribution in [0.2, 0.25) is 0 Å². The second-order valence-electron chi connectivity index (χ2n) is 6.69. The van der Waals surface area contributed by atoms with E-state index in [0.717, 1.165) is 19.0 Å². The fourth-order valence-electron chi connectivity index (χ4n) is 3.89. The molecule has 0 aromatic rings. The average molecular weight is 266 g/mol. The van der Waals surface area contributed by atoms with Crippen molar-refractivity contribution in [1.29, 1.82) is 0 Å². The Balaban J connectivity index is 1.57. The van der Waals surface area contributed by atoms with Gasteiger partial charge in [-0.05, 0) is 57.2 Å². The van der Waals surface area contributed by atoms with Gasteiger partial charge in [-0.3, -0.25) is 4.90 Å². The molecule has 1 atom stereocenters. The monoisotopic (exact) mass is 266 g/mol. The maximum absolute atomic E-state index is 8.74. The van der Waals surface area contributed by atoms with E-state index in [1.165, 1.54) is 58.3 Å². The van der Waals surface area contributed by atoms with Crippen molar-refractivity contribution < 1.29 is 5.21 Å². The Morgan fingerprint density at radius 1 is 1.26 bits per heavy atom. The Kier molecular flexibility index (Phi) is 3.67. The van der Waals surface area contributed by atoms with Gasteiger partial charge >= 0.3 is 0 Å². The zero-order valence-corrected chi connectivity index (χ0v) is 11.7. The number of amidine groups is 1. The van der Waals surface area contributed by atoms with Crippen molar-refractivity contribution in [2.75, 3.05) is 32.7 Å². The molecule has 2 aliphatic heterocycles. The van der Waals surface area contributed by atoms with Crippen molar-refractivity contribution in [2.24, 2.45) is 16.3 Å². The van der Waals surface area contributed by atoms with Crippen LogP contribution in [0, 0.1) is 5.41 Å². The van der Waals surface area contributed by atoms with E-state index in [-0.39, 0.29) is 0 Å². The van der Waals surface area contributed by atoms with E-state index in [0.29, 0.717) is 11.3 Å². The van der Waals surface area contributed by atoms with Crippen LogP contribution in [-0.2, 0) is 0 Å². The minimum Gasteiger partial charge on any atom is -0.409 e. The van der Waals surface area contributed by atoms with Crippen molar-refractivity contribution in [2.45, 2.75) is 44.6 Å². The Hall–Kier alpha value is -0.810. The minimum absolute atomic E-state index is 0.310. The predicted molar refractivity (Wildman–Crippen MR) is 75.3 cm³/mol. The molecule has 0 aromatic heterocycles. The van der Waals surface area contributed by atoms with Crippen molar-refractivity contribution in [3.05, 3.63) is 0 Å². The summed E-state index contributed by atoms with van der Waals surface area (Å²) in [6.45, 7) is 6.14. The van der Waals surface area contributed by atoms with E-state index < -0.39 is 0 Å². The Morgan fingerprint density at radius 3 is 2.79 bits per heavy atom. The lowest BCUT2D eigenvalue weighted by atomic mass is 10.0. The number of hydrogen-bond acceptors (Lipinski definition) is 4. The van der Waals surface area contributed by atoms with Gasteiger partial charge < -0.3 is 15.8 Å². The molecule has 2 saturated heterocycles.